The Kier molecular flexibility index (Phi) is 6.32. The van der Waals surface area contributed by atoms with Gasteiger partial charge in [-0.2, -0.15) is 30.7 Å². The smallest absolute Gasteiger partial charge is 0.188 e. The summed E-state index contributed by atoms with van der Waals surface area (Å²) in [4.78, 5) is -0.506. The predicted octanol–water partition coefficient (Wildman–Crippen LogP) is 8.41. The van der Waals surface area contributed by atoms with Crippen LogP contribution < -0.4 is 0 Å². The lowest BCUT2D eigenvalue weighted by Crippen LogP contribution is -2.49. The van der Waals surface area contributed by atoms with Crippen molar-refractivity contribution in [3.8, 4) is 11.1 Å². The van der Waals surface area contributed by atoms with Crippen LogP contribution in [-0.4, -0.2) is 17.4 Å². The van der Waals surface area contributed by atoms with Gasteiger partial charge >= 0.3 is 17.4 Å². The SMILES string of the molecule is FC(F)(F)C(F)(F)C(F)(F)Sc1cc(Br)cc(Br)c1-c1ccccc1Cl. The number of halogens is 10. The number of hydrogen-bond acceptors (Lipinski definition) is 1. The number of thioether (sulfide) groups is 1. The molecule has 0 aliphatic heterocycles. The number of hydrogen-bond donors (Lipinski definition) is 0. The normalized spacial score (nSPS) is 13.2. The van der Waals surface area contributed by atoms with Crippen LogP contribution in [0.5, 0.6) is 0 Å². The summed E-state index contributed by atoms with van der Waals surface area (Å²) in [7, 11) is 0. The van der Waals surface area contributed by atoms with E-state index in [-0.39, 0.29) is 25.1 Å². The average Bonchev–Trinajstić information content (AvgIpc) is 2.46. The lowest BCUT2D eigenvalue weighted by molar-refractivity contribution is -0.330. The van der Waals surface area contributed by atoms with E-state index >= 15 is 0 Å². The van der Waals surface area contributed by atoms with Crippen molar-refractivity contribution in [1.29, 1.82) is 0 Å². The van der Waals surface area contributed by atoms with Crippen LogP contribution in [0.3, 0.4) is 0 Å². The second-order valence-corrected chi connectivity index (χ2v) is 8.27. The molecular formula is C15H6Br2ClF7S. The Bertz CT molecular complexity index is 824. The van der Waals surface area contributed by atoms with E-state index in [9.17, 15) is 30.7 Å². The molecule has 0 heterocycles. The van der Waals surface area contributed by atoms with Crippen molar-refractivity contribution in [3.63, 3.8) is 0 Å². The zero-order chi connectivity index (χ0) is 19.9. The van der Waals surface area contributed by atoms with Crippen LogP contribution in [0.1, 0.15) is 0 Å². The van der Waals surface area contributed by atoms with E-state index in [4.69, 9.17) is 11.6 Å². The van der Waals surface area contributed by atoms with Crippen LogP contribution in [0.4, 0.5) is 30.7 Å². The molecular weight excluding hydrogens is 540 g/mol. The molecule has 0 fully saturated rings. The van der Waals surface area contributed by atoms with Gasteiger partial charge in [0.2, 0.25) is 0 Å². The van der Waals surface area contributed by atoms with Gasteiger partial charge in [-0.15, -0.1) is 0 Å². The maximum Gasteiger partial charge on any atom is 0.460 e. The molecule has 142 valence electrons. The van der Waals surface area contributed by atoms with Gasteiger partial charge in [0.05, 0.1) is 0 Å². The summed E-state index contributed by atoms with van der Waals surface area (Å²) in [6.07, 6.45) is -6.41. The van der Waals surface area contributed by atoms with Gasteiger partial charge in [0.1, 0.15) is 0 Å². The molecule has 26 heavy (non-hydrogen) atoms. The number of benzene rings is 2. The van der Waals surface area contributed by atoms with E-state index < -0.39 is 34.0 Å². The van der Waals surface area contributed by atoms with Crippen molar-refractivity contribution < 1.29 is 30.7 Å². The van der Waals surface area contributed by atoms with Crippen molar-refractivity contribution in [1.82, 2.24) is 0 Å². The minimum atomic E-state index is -6.41. The van der Waals surface area contributed by atoms with Crippen LogP contribution in [0.15, 0.2) is 50.2 Å². The lowest BCUT2D eigenvalue weighted by atomic mass is 10.1. The summed E-state index contributed by atoms with van der Waals surface area (Å²) >= 11 is 11.2. The predicted molar refractivity (Wildman–Crippen MR) is 94.1 cm³/mol. The Morgan fingerprint density at radius 1 is 0.885 bits per heavy atom. The first-order valence-electron chi connectivity index (χ1n) is 6.53. The van der Waals surface area contributed by atoms with Crippen molar-refractivity contribution >= 4 is 55.2 Å². The highest BCUT2D eigenvalue weighted by atomic mass is 79.9. The van der Waals surface area contributed by atoms with Crippen molar-refractivity contribution in [2.45, 2.75) is 22.2 Å². The third-order valence-electron chi connectivity index (χ3n) is 3.12. The van der Waals surface area contributed by atoms with Gasteiger partial charge in [-0.25, -0.2) is 0 Å². The summed E-state index contributed by atoms with van der Waals surface area (Å²) < 4.78 is 91.8. The standard InChI is InChI=1S/C15H6Br2ClF7S/c16-7-5-9(17)12(8-3-1-2-4-10(8)18)11(6-7)26-15(24,25)13(19,20)14(21,22)23/h1-6H. The van der Waals surface area contributed by atoms with Crippen LogP contribution in [0.2, 0.25) is 5.02 Å². The molecule has 11 heteroatoms. The second kappa shape index (κ2) is 7.52. The molecule has 0 unspecified atom stereocenters. The largest absolute Gasteiger partial charge is 0.460 e. The maximum absolute atomic E-state index is 13.9. The molecule has 0 spiro atoms. The molecule has 0 aliphatic carbocycles. The number of rotatable bonds is 4. The van der Waals surface area contributed by atoms with E-state index in [1.165, 1.54) is 24.3 Å². The van der Waals surface area contributed by atoms with Gasteiger partial charge in [0.15, 0.2) is 0 Å². The van der Waals surface area contributed by atoms with E-state index in [0.29, 0.717) is 0 Å². The fraction of sp³-hybridized carbons (Fsp3) is 0.200. The quantitative estimate of drug-likeness (QED) is 0.274. The van der Waals surface area contributed by atoms with Crippen LogP contribution in [0.25, 0.3) is 11.1 Å². The molecule has 0 aliphatic rings. The third kappa shape index (κ3) is 4.18. The lowest BCUT2D eigenvalue weighted by Gasteiger charge is -2.28. The number of alkyl halides is 7. The van der Waals surface area contributed by atoms with Crippen molar-refractivity contribution in [3.05, 3.63) is 50.4 Å². The topological polar surface area (TPSA) is 0 Å². The highest BCUT2D eigenvalue weighted by Gasteiger charge is 2.73. The van der Waals surface area contributed by atoms with E-state index in [1.54, 1.807) is 6.07 Å². The van der Waals surface area contributed by atoms with Gasteiger partial charge in [0, 0.05) is 30.0 Å². The Labute approximate surface area is 169 Å². The molecule has 0 amide bonds. The Hall–Kier alpha value is -0.450. The molecule has 0 saturated heterocycles. The third-order valence-corrected chi connectivity index (χ3v) is 5.59. The Morgan fingerprint density at radius 2 is 1.46 bits per heavy atom. The summed E-state index contributed by atoms with van der Waals surface area (Å²) in [5.41, 5.74) is 0.170. The molecule has 0 atom stereocenters. The minimum absolute atomic E-state index is 0.0264. The van der Waals surface area contributed by atoms with Crippen molar-refractivity contribution in [2.24, 2.45) is 0 Å². The molecule has 2 rings (SSSR count). The Balaban J connectivity index is 2.63. The summed E-state index contributed by atoms with van der Waals surface area (Å²) in [5.74, 6) is -6.22. The first kappa shape index (κ1) is 21.8. The van der Waals surface area contributed by atoms with E-state index in [1.807, 2.05) is 0 Å². The maximum atomic E-state index is 13.9. The van der Waals surface area contributed by atoms with Crippen LogP contribution in [0, 0.1) is 0 Å². The molecule has 0 radical (unpaired) electrons. The van der Waals surface area contributed by atoms with Crippen molar-refractivity contribution in [2.75, 3.05) is 0 Å². The first-order chi connectivity index (χ1) is 11.8. The van der Waals surface area contributed by atoms with Crippen LogP contribution >= 0.6 is 55.2 Å². The molecule has 2 aromatic carbocycles. The minimum Gasteiger partial charge on any atom is -0.188 e. The van der Waals surface area contributed by atoms with Gasteiger partial charge in [-0.3, -0.25) is 0 Å². The zero-order valence-electron chi connectivity index (χ0n) is 12.2. The Morgan fingerprint density at radius 3 is 2.00 bits per heavy atom. The molecule has 0 N–H and O–H groups in total. The van der Waals surface area contributed by atoms with Crippen LogP contribution in [-0.2, 0) is 0 Å². The van der Waals surface area contributed by atoms with Gasteiger partial charge in [0.25, 0.3) is 0 Å². The van der Waals surface area contributed by atoms with E-state index in [0.717, 1.165) is 6.07 Å². The van der Waals surface area contributed by atoms with Gasteiger partial charge in [-0.1, -0.05) is 61.7 Å². The molecule has 0 bridgehead atoms. The molecule has 2 aromatic rings. The van der Waals surface area contributed by atoms with Gasteiger partial charge < -0.3 is 0 Å². The second-order valence-electron chi connectivity index (χ2n) is 4.93. The fourth-order valence-electron chi connectivity index (χ4n) is 1.92. The highest BCUT2D eigenvalue weighted by molar-refractivity contribution is 9.11. The van der Waals surface area contributed by atoms with E-state index in [2.05, 4.69) is 31.9 Å². The monoisotopic (exact) mass is 544 g/mol. The fourth-order valence-corrected chi connectivity index (χ4v) is 4.90. The average molecular weight is 547 g/mol. The zero-order valence-corrected chi connectivity index (χ0v) is 16.9. The summed E-state index contributed by atoms with van der Waals surface area (Å²) in [5, 5.41) is -5.33. The summed E-state index contributed by atoms with van der Waals surface area (Å²) in [6, 6.07) is 8.39. The highest BCUT2D eigenvalue weighted by Crippen LogP contribution is 2.56. The van der Waals surface area contributed by atoms with Gasteiger partial charge in [-0.05, 0) is 30.0 Å². The molecule has 0 aromatic heterocycles. The molecule has 0 saturated carbocycles. The molecule has 0 nitrogen and oxygen atoms in total. The first-order valence-corrected chi connectivity index (χ1v) is 9.31. The summed E-state index contributed by atoms with van der Waals surface area (Å²) in [6.45, 7) is 0.